The van der Waals surface area contributed by atoms with Crippen molar-refractivity contribution >= 4 is 18.3 Å². The molecule has 1 unspecified atom stereocenters. The van der Waals surface area contributed by atoms with Gasteiger partial charge in [-0.05, 0) is 50.0 Å². The summed E-state index contributed by atoms with van der Waals surface area (Å²) in [7, 11) is 0. The lowest BCUT2D eigenvalue weighted by Crippen LogP contribution is -2.44. The van der Waals surface area contributed by atoms with Gasteiger partial charge in [-0.25, -0.2) is 0 Å². The van der Waals surface area contributed by atoms with Gasteiger partial charge in [0.2, 0.25) is 5.91 Å². The van der Waals surface area contributed by atoms with Crippen molar-refractivity contribution in [2.24, 2.45) is 17.3 Å². The summed E-state index contributed by atoms with van der Waals surface area (Å²) < 4.78 is 0. The highest BCUT2D eigenvalue weighted by Crippen LogP contribution is 2.42. The van der Waals surface area contributed by atoms with Crippen LogP contribution in [0.25, 0.3) is 0 Å². The number of halogens is 1. The third-order valence-electron chi connectivity index (χ3n) is 4.81. The Labute approximate surface area is 130 Å². The van der Waals surface area contributed by atoms with E-state index in [1.807, 2.05) is 0 Å². The molecule has 0 aromatic rings. The van der Waals surface area contributed by atoms with Crippen LogP contribution in [0.2, 0.25) is 0 Å². The first-order valence-electron chi connectivity index (χ1n) is 8.10. The zero-order valence-corrected chi connectivity index (χ0v) is 13.9. The van der Waals surface area contributed by atoms with Crippen molar-refractivity contribution in [3.63, 3.8) is 0 Å². The Hall–Kier alpha value is -0.280. The molecule has 1 aliphatic heterocycles. The second-order valence-corrected chi connectivity index (χ2v) is 7.07. The Morgan fingerprint density at radius 2 is 2.00 bits per heavy atom. The molecule has 0 aromatic carbocycles. The van der Waals surface area contributed by atoms with Crippen LogP contribution in [0.15, 0.2) is 0 Å². The van der Waals surface area contributed by atoms with E-state index < -0.39 is 0 Å². The van der Waals surface area contributed by atoms with Gasteiger partial charge in [0, 0.05) is 13.1 Å². The lowest BCUT2D eigenvalue weighted by atomic mass is 9.78. The van der Waals surface area contributed by atoms with Gasteiger partial charge in [-0.3, -0.25) is 4.79 Å². The normalized spacial score (nSPS) is 25.2. The maximum Gasteiger partial charge on any atom is 0.224 e. The van der Waals surface area contributed by atoms with Crippen LogP contribution in [0.3, 0.4) is 0 Å². The molecular formula is C16H31ClN2O. The van der Waals surface area contributed by atoms with Crippen molar-refractivity contribution in [3.05, 3.63) is 0 Å². The van der Waals surface area contributed by atoms with Gasteiger partial charge in [0.15, 0.2) is 0 Å². The minimum absolute atomic E-state index is 0. The number of carbonyl (C=O) groups is 1. The molecule has 2 fully saturated rings. The summed E-state index contributed by atoms with van der Waals surface area (Å²) >= 11 is 0. The van der Waals surface area contributed by atoms with Gasteiger partial charge in [0.25, 0.3) is 0 Å². The van der Waals surface area contributed by atoms with Crippen molar-refractivity contribution < 1.29 is 4.79 Å². The second kappa shape index (κ2) is 8.23. The Kier molecular flexibility index (Phi) is 7.32. The number of amides is 1. The minimum atomic E-state index is 0. The van der Waals surface area contributed by atoms with Crippen molar-refractivity contribution in [1.82, 2.24) is 10.6 Å². The van der Waals surface area contributed by atoms with E-state index in [-0.39, 0.29) is 24.2 Å². The van der Waals surface area contributed by atoms with E-state index in [0.29, 0.717) is 5.41 Å². The van der Waals surface area contributed by atoms with E-state index in [0.717, 1.165) is 38.4 Å². The summed E-state index contributed by atoms with van der Waals surface area (Å²) in [6, 6.07) is 0. The molecule has 2 rings (SSSR count). The molecule has 1 saturated carbocycles. The fourth-order valence-corrected chi connectivity index (χ4v) is 3.94. The summed E-state index contributed by atoms with van der Waals surface area (Å²) in [6.45, 7) is 7.44. The molecule has 3 nitrogen and oxygen atoms in total. The van der Waals surface area contributed by atoms with Crippen LogP contribution in [0.5, 0.6) is 0 Å². The van der Waals surface area contributed by atoms with Crippen molar-refractivity contribution in [1.29, 1.82) is 0 Å². The summed E-state index contributed by atoms with van der Waals surface area (Å²) in [4.78, 5) is 12.2. The van der Waals surface area contributed by atoms with E-state index in [4.69, 9.17) is 0 Å². The van der Waals surface area contributed by atoms with Crippen LogP contribution >= 0.6 is 12.4 Å². The Morgan fingerprint density at radius 3 is 2.55 bits per heavy atom. The average molecular weight is 303 g/mol. The zero-order valence-electron chi connectivity index (χ0n) is 13.0. The van der Waals surface area contributed by atoms with Crippen LogP contribution in [0, 0.1) is 17.3 Å². The van der Waals surface area contributed by atoms with Crippen molar-refractivity contribution in [3.8, 4) is 0 Å². The molecule has 4 heteroatoms. The molecule has 118 valence electrons. The van der Waals surface area contributed by atoms with Crippen molar-refractivity contribution in [2.75, 3.05) is 19.6 Å². The van der Waals surface area contributed by atoms with Crippen LogP contribution in [-0.4, -0.2) is 25.5 Å². The highest BCUT2D eigenvalue weighted by atomic mass is 35.5. The summed E-state index contributed by atoms with van der Waals surface area (Å²) in [5, 5.41) is 6.59. The number of hydrogen-bond acceptors (Lipinski definition) is 2. The molecule has 0 aromatic heterocycles. The summed E-state index contributed by atoms with van der Waals surface area (Å²) in [6.07, 6.45) is 8.73. The zero-order chi connectivity index (χ0) is 13.7. The molecule has 0 radical (unpaired) electrons. The standard InChI is InChI=1S/C16H30N2O.ClH/c1-13(2)10-16(7-3-4-8-16)12-18-15(19)14-6-5-9-17-11-14;/h13-14,17H,3-12H2,1-2H3,(H,18,19);1H. The maximum atomic E-state index is 12.2. The van der Waals surface area contributed by atoms with E-state index in [1.54, 1.807) is 0 Å². The quantitative estimate of drug-likeness (QED) is 0.819. The topological polar surface area (TPSA) is 41.1 Å². The molecule has 0 spiro atoms. The first-order chi connectivity index (χ1) is 9.11. The minimum Gasteiger partial charge on any atom is -0.355 e. The van der Waals surface area contributed by atoms with Crippen LogP contribution < -0.4 is 10.6 Å². The van der Waals surface area contributed by atoms with Crippen LogP contribution in [0.1, 0.15) is 58.8 Å². The second-order valence-electron chi connectivity index (χ2n) is 7.07. The Balaban J connectivity index is 0.00000200. The van der Waals surface area contributed by atoms with Gasteiger partial charge in [-0.15, -0.1) is 12.4 Å². The third-order valence-corrected chi connectivity index (χ3v) is 4.81. The molecule has 0 bridgehead atoms. The molecule has 1 atom stereocenters. The van der Waals surface area contributed by atoms with Gasteiger partial charge in [0.05, 0.1) is 5.92 Å². The fourth-order valence-electron chi connectivity index (χ4n) is 3.94. The number of piperidine rings is 1. The molecule has 1 heterocycles. The van der Waals surface area contributed by atoms with E-state index >= 15 is 0 Å². The van der Waals surface area contributed by atoms with E-state index in [2.05, 4.69) is 24.5 Å². The maximum absolute atomic E-state index is 12.2. The van der Waals surface area contributed by atoms with E-state index in [1.165, 1.54) is 32.1 Å². The average Bonchev–Trinajstić information content (AvgIpc) is 2.85. The lowest BCUT2D eigenvalue weighted by molar-refractivity contribution is -0.126. The summed E-state index contributed by atoms with van der Waals surface area (Å²) in [5.74, 6) is 1.21. The largest absolute Gasteiger partial charge is 0.355 e. The number of carbonyl (C=O) groups excluding carboxylic acids is 1. The van der Waals surface area contributed by atoms with Crippen LogP contribution in [-0.2, 0) is 4.79 Å². The van der Waals surface area contributed by atoms with Crippen LogP contribution in [0.4, 0.5) is 0 Å². The van der Waals surface area contributed by atoms with Gasteiger partial charge in [-0.1, -0.05) is 26.7 Å². The SMILES string of the molecule is CC(C)CC1(CNC(=O)C2CCCNC2)CCCC1.Cl. The molecule has 1 amide bonds. The van der Waals surface area contributed by atoms with Gasteiger partial charge >= 0.3 is 0 Å². The van der Waals surface area contributed by atoms with E-state index in [9.17, 15) is 4.79 Å². The predicted molar refractivity (Wildman–Crippen MR) is 86.2 cm³/mol. The highest BCUT2D eigenvalue weighted by Gasteiger charge is 2.35. The molecule has 2 aliphatic rings. The smallest absolute Gasteiger partial charge is 0.224 e. The first kappa shape index (κ1) is 17.8. The molecule has 1 aliphatic carbocycles. The number of hydrogen-bond donors (Lipinski definition) is 2. The molecular weight excluding hydrogens is 272 g/mol. The molecule has 20 heavy (non-hydrogen) atoms. The Bertz CT molecular complexity index is 295. The number of rotatable bonds is 5. The third kappa shape index (κ3) is 4.92. The predicted octanol–water partition coefficient (Wildman–Crippen LogP) is 3.13. The highest BCUT2D eigenvalue weighted by molar-refractivity contribution is 5.85. The Morgan fingerprint density at radius 1 is 1.30 bits per heavy atom. The van der Waals surface area contributed by atoms with Gasteiger partial charge in [0.1, 0.15) is 0 Å². The van der Waals surface area contributed by atoms with Gasteiger partial charge in [-0.2, -0.15) is 0 Å². The van der Waals surface area contributed by atoms with Crippen molar-refractivity contribution in [2.45, 2.75) is 58.8 Å². The fraction of sp³-hybridized carbons (Fsp3) is 0.938. The first-order valence-corrected chi connectivity index (χ1v) is 8.10. The lowest BCUT2D eigenvalue weighted by Gasteiger charge is -2.32. The number of nitrogens with one attached hydrogen (secondary N) is 2. The monoisotopic (exact) mass is 302 g/mol. The van der Waals surface area contributed by atoms with Gasteiger partial charge < -0.3 is 10.6 Å². The molecule has 2 N–H and O–H groups in total. The molecule has 1 saturated heterocycles. The summed E-state index contributed by atoms with van der Waals surface area (Å²) in [5.41, 5.74) is 0.395.